The zero-order valence-corrected chi connectivity index (χ0v) is 23.9. The van der Waals surface area contributed by atoms with Crippen molar-refractivity contribution < 1.29 is 22.8 Å². The van der Waals surface area contributed by atoms with Crippen molar-refractivity contribution in [2.45, 2.75) is 63.6 Å². The molecule has 2 atom stereocenters. The first-order valence-corrected chi connectivity index (χ1v) is 14.9. The van der Waals surface area contributed by atoms with E-state index in [9.17, 15) is 22.8 Å². The lowest BCUT2D eigenvalue weighted by atomic mass is 10.0. The van der Waals surface area contributed by atoms with E-state index in [0.717, 1.165) is 27.4 Å². The minimum Gasteiger partial charge on any atom is -0.352 e. The molecule has 8 nitrogen and oxygen atoms in total. The summed E-state index contributed by atoms with van der Waals surface area (Å²) in [5.41, 5.74) is 2.83. The summed E-state index contributed by atoms with van der Waals surface area (Å²) in [4.78, 5) is 41.9. The quantitative estimate of drug-likeness (QED) is 0.380. The van der Waals surface area contributed by atoms with Crippen LogP contribution < -0.4 is 5.32 Å². The van der Waals surface area contributed by atoms with Gasteiger partial charge in [0, 0.05) is 32.0 Å². The van der Waals surface area contributed by atoms with E-state index >= 15 is 0 Å². The molecule has 1 N–H and O–H groups in total. The highest BCUT2D eigenvalue weighted by Crippen LogP contribution is 2.30. The van der Waals surface area contributed by atoms with Gasteiger partial charge in [0.15, 0.2) is 0 Å². The normalized spacial score (nSPS) is 15.3. The maximum Gasteiger partial charge on any atom is 0.269 e. The van der Waals surface area contributed by atoms with Crippen LogP contribution in [0.25, 0.3) is 0 Å². The van der Waals surface area contributed by atoms with Gasteiger partial charge < -0.3 is 10.2 Å². The fourth-order valence-corrected chi connectivity index (χ4v) is 6.33. The highest BCUT2D eigenvalue weighted by molar-refractivity contribution is 7.90. The van der Waals surface area contributed by atoms with Gasteiger partial charge in [-0.1, -0.05) is 73.7 Å². The molecule has 1 aliphatic heterocycles. The van der Waals surface area contributed by atoms with Gasteiger partial charge in [-0.05, 0) is 49.1 Å². The van der Waals surface area contributed by atoms with Gasteiger partial charge in [-0.3, -0.25) is 14.4 Å². The second kappa shape index (κ2) is 12.5. The molecule has 0 aliphatic carbocycles. The summed E-state index contributed by atoms with van der Waals surface area (Å²) in [7, 11) is -4.05. The maximum absolute atomic E-state index is 13.9. The summed E-state index contributed by atoms with van der Waals surface area (Å²) < 4.78 is 26.9. The number of nitrogens with one attached hydrogen (secondary N) is 1. The van der Waals surface area contributed by atoms with Crippen LogP contribution in [0.5, 0.6) is 0 Å². The number of benzene rings is 3. The van der Waals surface area contributed by atoms with E-state index in [2.05, 4.69) is 5.32 Å². The zero-order chi connectivity index (χ0) is 28.9. The van der Waals surface area contributed by atoms with E-state index < -0.39 is 27.9 Å². The van der Waals surface area contributed by atoms with Crippen LogP contribution in [0, 0.1) is 6.92 Å². The monoisotopic (exact) mass is 561 g/mol. The number of aryl methyl sites for hydroxylation is 1. The molecule has 0 radical (unpaired) electrons. The lowest BCUT2D eigenvalue weighted by Gasteiger charge is -2.33. The van der Waals surface area contributed by atoms with Gasteiger partial charge in [0.05, 0.1) is 5.56 Å². The van der Waals surface area contributed by atoms with Gasteiger partial charge in [0.25, 0.3) is 15.9 Å². The Labute approximate surface area is 236 Å². The molecule has 210 valence electrons. The molecular weight excluding hydrogens is 526 g/mol. The molecule has 3 aromatic carbocycles. The predicted molar refractivity (Wildman–Crippen MR) is 153 cm³/mol. The number of fused-ring (bicyclic) bond motifs is 1. The van der Waals surface area contributed by atoms with Crippen LogP contribution in [0.3, 0.4) is 0 Å². The molecule has 1 heterocycles. The number of hydrogen-bond acceptors (Lipinski definition) is 5. The van der Waals surface area contributed by atoms with E-state index in [1.54, 1.807) is 12.1 Å². The molecule has 0 saturated heterocycles. The Morgan fingerprint density at radius 3 is 2.27 bits per heavy atom. The number of carbonyl (C=O) groups is 3. The van der Waals surface area contributed by atoms with Crippen LogP contribution >= 0.6 is 0 Å². The molecule has 0 saturated carbocycles. The third-order valence-electron chi connectivity index (χ3n) is 7.31. The second-order valence-corrected chi connectivity index (χ2v) is 11.9. The molecule has 0 bridgehead atoms. The van der Waals surface area contributed by atoms with Crippen LogP contribution in [0.15, 0.2) is 83.8 Å². The van der Waals surface area contributed by atoms with Gasteiger partial charge in [0.1, 0.15) is 10.9 Å². The van der Waals surface area contributed by atoms with Crippen molar-refractivity contribution in [1.29, 1.82) is 0 Å². The molecule has 1 aliphatic rings. The first-order valence-electron chi connectivity index (χ1n) is 13.5. The topological polar surface area (TPSA) is 104 Å². The highest BCUT2D eigenvalue weighted by Gasteiger charge is 2.41. The molecule has 0 fully saturated rings. The average molecular weight is 562 g/mol. The van der Waals surface area contributed by atoms with Crippen molar-refractivity contribution in [1.82, 2.24) is 14.5 Å². The number of sulfonamides is 1. The second-order valence-electron chi connectivity index (χ2n) is 10.1. The van der Waals surface area contributed by atoms with Gasteiger partial charge in [-0.2, -0.15) is 0 Å². The number of hydrogen-bond donors (Lipinski definition) is 1. The average Bonchev–Trinajstić information content (AvgIpc) is 3.15. The van der Waals surface area contributed by atoms with Crippen LogP contribution in [-0.2, 0) is 32.6 Å². The molecule has 4 rings (SSSR count). The molecule has 3 amide bonds. The van der Waals surface area contributed by atoms with E-state index in [-0.39, 0.29) is 48.3 Å². The Morgan fingerprint density at radius 1 is 0.950 bits per heavy atom. The van der Waals surface area contributed by atoms with Crippen LogP contribution in [-0.4, -0.2) is 54.0 Å². The van der Waals surface area contributed by atoms with Crippen molar-refractivity contribution in [2.24, 2.45) is 0 Å². The lowest BCUT2D eigenvalue weighted by molar-refractivity contribution is -0.141. The SMILES string of the molecule is CC[C@H](C)NC(=O)[C@H](Cc1ccccc1)N(Cc1ccccc1C)C(=O)CCN1C(=O)c2ccccc2S1(=O)=O. The largest absolute Gasteiger partial charge is 0.352 e. The standard InChI is InChI=1S/C31H35N3O5S/c1-4-23(3)32-30(36)27(20-24-13-6-5-7-14-24)33(21-25-15-9-8-12-22(25)2)29(35)18-19-34-31(37)26-16-10-11-17-28(26)40(34,38)39/h5-17,23,27H,4,18-21H2,1-3H3,(H,32,36)/t23-,27-/m0/s1. The summed E-state index contributed by atoms with van der Waals surface area (Å²) in [6, 6.07) is 22.2. The first kappa shape index (κ1) is 29.0. The highest BCUT2D eigenvalue weighted by atomic mass is 32.2. The van der Waals surface area contributed by atoms with Crippen molar-refractivity contribution in [3.8, 4) is 0 Å². The number of rotatable bonds is 11. The summed E-state index contributed by atoms with van der Waals surface area (Å²) in [5, 5.41) is 3.02. The number of amides is 3. The van der Waals surface area contributed by atoms with E-state index in [0.29, 0.717) is 0 Å². The number of carbonyl (C=O) groups excluding carboxylic acids is 3. The Morgan fingerprint density at radius 2 is 1.60 bits per heavy atom. The predicted octanol–water partition coefficient (Wildman–Crippen LogP) is 4.08. The smallest absolute Gasteiger partial charge is 0.269 e. The first-order chi connectivity index (χ1) is 19.1. The molecule has 0 spiro atoms. The third kappa shape index (κ3) is 6.25. The third-order valence-corrected chi connectivity index (χ3v) is 9.16. The van der Waals surface area contributed by atoms with E-state index in [1.165, 1.54) is 17.0 Å². The molecule has 40 heavy (non-hydrogen) atoms. The lowest BCUT2D eigenvalue weighted by Crippen LogP contribution is -2.52. The van der Waals surface area contributed by atoms with Crippen LogP contribution in [0.1, 0.15) is 53.7 Å². The summed E-state index contributed by atoms with van der Waals surface area (Å²) in [6.45, 7) is 5.67. The maximum atomic E-state index is 13.9. The van der Waals surface area contributed by atoms with Gasteiger partial charge in [0.2, 0.25) is 11.8 Å². The Kier molecular flexibility index (Phi) is 9.04. The molecular formula is C31H35N3O5S. The molecule has 0 aromatic heterocycles. The molecule has 9 heteroatoms. The van der Waals surface area contributed by atoms with Gasteiger partial charge in [-0.25, -0.2) is 12.7 Å². The molecule has 0 unspecified atom stereocenters. The Bertz CT molecular complexity index is 1490. The summed E-state index contributed by atoms with van der Waals surface area (Å²) in [6.07, 6.45) is 0.755. The summed E-state index contributed by atoms with van der Waals surface area (Å²) in [5.74, 6) is -1.34. The Hall–Kier alpha value is -3.98. The van der Waals surface area contributed by atoms with Gasteiger partial charge in [-0.15, -0.1) is 0 Å². The fraction of sp³-hybridized carbons (Fsp3) is 0.323. The van der Waals surface area contributed by atoms with Crippen molar-refractivity contribution in [2.75, 3.05) is 6.54 Å². The van der Waals surface area contributed by atoms with E-state index in [1.807, 2.05) is 75.4 Å². The van der Waals surface area contributed by atoms with Crippen molar-refractivity contribution >= 4 is 27.7 Å². The van der Waals surface area contributed by atoms with Crippen molar-refractivity contribution in [3.05, 3.63) is 101 Å². The minimum absolute atomic E-state index is 0.0564. The van der Waals surface area contributed by atoms with Crippen LogP contribution in [0.4, 0.5) is 0 Å². The van der Waals surface area contributed by atoms with E-state index in [4.69, 9.17) is 0 Å². The minimum atomic E-state index is -4.05. The zero-order valence-electron chi connectivity index (χ0n) is 23.0. The van der Waals surface area contributed by atoms with Crippen LogP contribution in [0.2, 0.25) is 0 Å². The fourth-order valence-electron chi connectivity index (χ4n) is 4.76. The molecule has 3 aromatic rings. The van der Waals surface area contributed by atoms with Gasteiger partial charge >= 0.3 is 0 Å². The number of nitrogens with zero attached hydrogens (tertiary/aromatic N) is 2. The van der Waals surface area contributed by atoms with Crippen molar-refractivity contribution in [3.63, 3.8) is 0 Å². The Balaban J connectivity index is 1.65. The summed E-state index contributed by atoms with van der Waals surface area (Å²) >= 11 is 0.